The molecule has 0 amide bonds. The molecule has 0 aliphatic carbocycles. The van der Waals surface area contributed by atoms with E-state index >= 15 is 0 Å². The standard InChI is InChI=1S/C11H23N3O2/c1-13-6-4-5-9(13)8-14(2)10(7-12)11(15)16-3/h9-10H,4-8,12H2,1-3H3. The average molecular weight is 229 g/mol. The SMILES string of the molecule is COC(=O)C(CN)N(C)CC1CCCN1C. The molecule has 1 fully saturated rings. The van der Waals surface area contributed by atoms with Gasteiger partial charge in [0.25, 0.3) is 0 Å². The molecule has 0 aromatic rings. The fourth-order valence-electron chi connectivity index (χ4n) is 2.26. The van der Waals surface area contributed by atoms with Crippen molar-refractivity contribution in [1.29, 1.82) is 0 Å². The molecule has 2 atom stereocenters. The molecule has 5 nitrogen and oxygen atoms in total. The summed E-state index contributed by atoms with van der Waals surface area (Å²) in [5, 5.41) is 0. The molecule has 1 rings (SSSR count). The minimum Gasteiger partial charge on any atom is -0.468 e. The Labute approximate surface area is 97.5 Å². The molecule has 16 heavy (non-hydrogen) atoms. The van der Waals surface area contributed by atoms with Crippen molar-refractivity contribution in [3.63, 3.8) is 0 Å². The van der Waals surface area contributed by atoms with E-state index in [2.05, 4.69) is 11.9 Å². The van der Waals surface area contributed by atoms with Crippen molar-refractivity contribution in [2.45, 2.75) is 24.9 Å². The summed E-state index contributed by atoms with van der Waals surface area (Å²) in [5.41, 5.74) is 5.60. The number of nitrogens with two attached hydrogens (primary N) is 1. The highest BCUT2D eigenvalue weighted by Gasteiger charge is 2.28. The molecule has 0 spiro atoms. The van der Waals surface area contributed by atoms with E-state index in [-0.39, 0.29) is 12.0 Å². The first-order valence-electron chi connectivity index (χ1n) is 5.78. The summed E-state index contributed by atoms with van der Waals surface area (Å²) in [6.07, 6.45) is 2.43. The smallest absolute Gasteiger partial charge is 0.324 e. The van der Waals surface area contributed by atoms with Crippen LogP contribution in [0.25, 0.3) is 0 Å². The lowest BCUT2D eigenvalue weighted by Crippen LogP contribution is -2.49. The van der Waals surface area contributed by atoms with Gasteiger partial charge in [-0.2, -0.15) is 0 Å². The zero-order valence-corrected chi connectivity index (χ0v) is 10.5. The number of rotatable bonds is 5. The van der Waals surface area contributed by atoms with E-state index < -0.39 is 0 Å². The van der Waals surface area contributed by atoms with E-state index in [1.807, 2.05) is 11.9 Å². The van der Waals surface area contributed by atoms with Gasteiger partial charge in [-0.25, -0.2) is 0 Å². The first-order chi connectivity index (χ1) is 7.60. The van der Waals surface area contributed by atoms with Crippen LogP contribution in [0, 0.1) is 0 Å². The van der Waals surface area contributed by atoms with Crippen LogP contribution in [0.2, 0.25) is 0 Å². The molecule has 1 aliphatic heterocycles. The lowest BCUT2D eigenvalue weighted by Gasteiger charge is -2.29. The third kappa shape index (κ3) is 3.17. The molecule has 0 aromatic carbocycles. The summed E-state index contributed by atoms with van der Waals surface area (Å²) >= 11 is 0. The topological polar surface area (TPSA) is 58.8 Å². The molecular formula is C11H23N3O2. The van der Waals surface area contributed by atoms with Gasteiger partial charge < -0.3 is 15.4 Å². The van der Waals surface area contributed by atoms with Crippen LogP contribution in [0.15, 0.2) is 0 Å². The third-order valence-electron chi connectivity index (χ3n) is 3.40. The molecule has 94 valence electrons. The second-order valence-corrected chi connectivity index (χ2v) is 4.49. The number of likely N-dealkylation sites (tertiary alicyclic amines) is 1. The summed E-state index contributed by atoms with van der Waals surface area (Å²) in [6.45, 7) is 2.32. The summed E-state index contributed by atoms with van der Waals surface area (Å²) in [6, 6.07) is 0.211. The van der Waals surface area contributed by atoms with Crippen molar-refractivity contribution in [2.24, 2.45) is 5.73 Å². The van der Waals surface area contributed by atoms with Gasteiger partial charge in [-0.1, -0.05) is 0 Å². The number of carbonyl (C=O) groups excluding carboxylic acids is 1. The maximum atomic E-state index is 11.5. The van der Waals surface area contributed by atoms with Gasteiger partial charge in [0, 0.05) is 19.1 Å². The summed E-state index contributed by atoms with van der Waals surface area (Å²) in [7, 11) is 5.46. The summed E-state index contributed by atoms with van der Waals surface area (Å²) in [5.74, 6) is -0.245. The number of nitrogens with zero attached hydrogens (tertiary/aromatic N) is 2. The highest BCUT2D eigenvalue weighted by molar-refractivity contribution is 5.75. The molecule has 1 saturated heterocycles. The predicted molar refractivity (Wildman–Crippen MR) is 63.1 cm³/mol. The van der Waals surface area contributed by atoms with E-state index in [1.165, 1.54) is 20.0 Å². The van der Waals surface area contributed by atoms with Crippen LogP contribution in [0.4, 0.5) is 0 Å². The van der Waals surface area contributed by atoms with Gasteiger partial charge in [0.2, 0.25) is 0 Å². The average Bonchev–Trinajstić information content (AvgIpc) is 2.65. The normalized spacial score (nSPS) is 23.7. The molecule has 1 aliphatic rings. The molecule has 2 N–H and O–H groups in total. The Balaban J connectivity index is 2.48. The summed E-state index contributed by atoms with van der Waals surface area (Å²) < 4.78 is 4.74. The Kier molecular flexibility index (Phi) is 5.18. The molecule has 5 heteroatoms. The van der Waals surface area contributed by atoms with Crippen molar-refractivity contribution in [3.8, 4) is 0 Å². The van der Waals surface area contributed by atoms with Gasteiger partial charge >= 0.3 is 5.97 Å². The van der Waals surface area contributed by atoms with E-state index in [1.54, 1.807) is 0 Å². The van der Waals surface area contributed by atoms with Gasteiger partial charge in [0.05, 0.1) is 7.11 Å². The Morgan fingerprint density at radius 3 is 2.81 bits per heavy atom. The minimum atomic E-state index is -0.320. The Morgan fingerprint density at radius 2 is 2.38 bits per heavy atom. The lowest BCUT2D eigenvalue weighted by molar-refractivity contribution is -0.146. The lowest BCUT2D eigenvalue weighted by atomic mass is 10.2. The van der Waals surface area contributed by atoms with Crippen molar-refractivity contribution in [3.05, 3.63) is 0 Å². The Bertz CT molecular complexity index is 235. The van der Waals surface area contributed by atoms with E-state index in [4.69, 9.17) is 10.5 Å². The fourth-order valence-corrected chi connectivity index (χ4v) is 2.26. The number of methoxy groups -OCH3 is 1. The number of carbonyl (C=O) groups is 1. The van der Waals surface area contributed by atoms with Gasteiger partial charge in [-0.15, -0.1) is 0 Å². The number of hydrogen-bond donors (Lipinski definition) is 1. The quantitative estimate of drug-likeness (QED) is 0.645. The largest absolute Gasteiger partial charge is 0.468 e. The molecule has 0 radical (unpaired) electrons. The van der Waals surface area contributed by atoms with Crippen molar-refractivity contribution in [2.75, 3.05) is 40.8 Å². The molecule has 0 aromatic heterocycles. The highest BCUT2D eigenvalue weighted by atomic mass is 16.5. The maximum absolute atomic E-state index is 11.5. The van der Waals surface area contributed by atoms with Crippen molar-refractivity contribution >= 4 is 5.97 Å². The van der Waals surface area contributed by atoms with E-state index in [0.29, 0.717) is 12.6 Å². The third-order valence-corrected chi connectivity index (χ3v) is 3.40. The molecule has 0 saturated carbocycles. The number of ether oxygens (including phenoxy) is 1. The first-order valence-corrected chi connectivity index (χ1v) is 5.78. The maximum Gasteiger partial charge on any atom is 0.324 e. The monoisotopic (exact) mass is 229 g/mol. The van der Waals surface area contributed by atoms with E-state index in [9.17, 15) is 4.79 Å². The van der Waals surface area contributed by atoms with Gasteiger partial charge in [-0.3, -0.25) is 9.69 Å². The highest BCUT2D eigenvalue weighted by Crippen LogP contribution is 2.16. The number of esters is 1. The fraction of sp³-hybridized carbons (Fsp3) is 0.909. The molecule has 0 bridgehead atoms. The first kappa shape index (κ1) is 13.4. The van der Waals surface area contributed by atoms with Gasteiger partial charge in [0.1, 0.15) is 6.04 Å². The number of likely N-dealkylation sites (N-methyl/N-ethyl adjacent to an activating group) is 2. The number of hydrogen-bond acceptors (Lipinski definition) is 5. The van der Waals surface area contributed by atoms with Crippen LogP contribution < -0.4 is 5.73 Å². The second kappa shape index (κ2) is 6.18. The molecule has 2 unspecified atom stereocenters. The Morgan fingerprint density at radius 1 is 1.69 bits per heavy atom. The predicted octanol–water partition coefficient (Wildman–Crippen LogP) is -0.487. The Hall–Kier alpha value is -0.650. The van der Waals surface area contributed by atoms with Crippen molar-refractivity contribution < 1.29 is 9.53 Å². The molecular weight excluding hydrogens is 206 g/mol. The summed E-state index contributed by atoms with van der Waals surface area (Å²) in [4.78, 5) is 15.8. The van der Waals surface area contributed by atoms with Gasteiger partial charge in [-0.05, 0) is 33.5 Å². The zero-order chi connectivity index (χ0) is 12.1. The zero-order valence-electron chi connectivity index (χ0n) is 10.5. The van der Waals surface area contributed by atoms with Crippen LogP contribution in [-0.4, -0.2) is 68.7 Å². The van der Waals surface area contributed by atoms with Crippen LogP contribution >= 0.6 is 0 Å². The van der Waals surface area contributed by atoms with Crippen LogP contribution in [0.3, 0.4) is 0 Å². The second-order valence-electron chi connectivity index (χ2n) is 4.49. The minimum absolute atomic E-state index is 0.245. The van der Waals surface area contributed by atoms with E-state index in [0.717, 1.165) is 13.1 Å². The van der Waals surface area contributed by atoms with Gasteiger partial charge in [0.15, 0.2) is 0 Å². The van der Waals surface area contributed by atoms with Crippen LogP contribution in [-0.2, 0) is 9.53 Å². The molecule has 1 heterocycles. The van der Waals surface area contributed by atoms with Crippen LogP contribution in [0.1, 0.15) is 12.8 Å². The van der Waals surface area contributed by atoms with Crippen LogP contribution in [0.5, 0.6) is 0 Å². The van der Waals surface area contributed by atoms with Crippen molar-refractivity contribution in [1.82, 2.24) is 9.80 Å².